The van der Waals surface area contributed by atoms with Crippen LogP contribution < -0.4 is 0 Å². The van der Waals surface area contributed by atoms with E-state index in [1.807, 2.05) is 0 Å². The van der Waals surface area contributed by atoms with Gasteiger partial charge in [-0.1, -0.05) is 0 Å². The van der Waals surface area contributed by atoms with Gasteiger partial charge >= 0.3 is 0 Å². The van der Waals surface area contributed by atoms with Crippen LogP contribution in [-0.4, -0.2) is 74.1 Å². The number of aliphatic hydroxyl groups is 6. The molecule has 0 rings (SSSR count). The molecule has 0 fully saturated rings. The summed E-state index contributed by atoms with van der Waals surface area (Å²) in [7, 11) is 0. The molecule has 0 heterocycles. The summed E-state index contributed by atoms with van der Waals surface area (Å²) >= 11 is 0. The Morgan fingerprint density at radius 2 is 1.50 bits per heavy atom. The fourth-order valence-corrected chi connectivity index (χ4v) is 0.806. The Bertz CT molecular complexity index is 183. The van der Waals surface area contributed by atoms with Gasteiger partial charge in [0, 0.05) is 0 Å². The topological polar surface area (TPSA) is 138 Å². The summed E-state index contributed by atoms with van der Waals surface area (Å²) in [6.07, 6.45) is -7.45. The van der Waals surface area contributed by atoms with Crippen molar-refractivity contribution in [2.75, 3.05) is 13.2 Å². The third-order valence-corrected chi connectivity index (χ3v) is 1.74. The second kappa shape index (κ2) is 6.02. The van der Waals surface area contributed by atoms with Crippen molar-refractivity contribution < 1.29 is 35.4 Å². The van der Waals surface area contributed by atoms with Gasteiger partial charge in [0.15, 0.2) is 5.78 Å². The maximum absolute atomic E-state index is 10.7. The summed E-state index contributed by atoms with van der Waals surface area (Å²) in [5.41, 5.74) is 0. The molecule has 0 aliphatic heterocycles. The number of rotatable bonds is 6. The third-order valence-electron chi connectivity index (χ3n) is 1.74. The highest BCUT2D eigenvalue weighted by Crippen LogP contribution is 2.05. The molecule has 0 aromatic heterocycles. The Morgan fingerprint density at radius 3 is 1.86 bits per heavy atom. The Kier molecular flexibility index (Phi) is 5.77. The maximum Gasteiger partial charge on any atom is 0.189 e. The summed E-state index contributed by atoms with van der Waals surface area (Å²) in [6, 6.07) is 0. The largest absolute Gasteiger partial charge is 0.394 e. The summed E-state index contributed by atoms with van der Waals surface area (Å²) in [5.74, 6) is -1.08. The maximum atomic E-state index is 10.7. The lowest BCUT2D eigenvalue weighted by atomic mass is 10.0. The lowest BCUT2D eigenvalue weighted by Crippen LogP contribution is -2.49. The minimum absolute atomic E-state index is 0.821. The summed E-state index contributed by atoms with van der Waals surface area (Å²) in [6.45, 7) is -1.81. The quantitative estimate of drug-likeness (QED) is 0.262. The first kappa shape index (κ1) is 13.4. The lowest BCUT2D eigenvalue weighted by molar-refractivity contribution is -0.149. The number of ketones is 1. The molecule has 14 heavy (non-hydrogen) atoms. The SMILES string of the molecule is O=C(CO)[C@@H](O)[C@H](O)[C@H](O)[C@@H](O)CO. The smallest absolute Gasteiger partial charge is 0.189 e. The first-order chi connectivity index (χ1) is 6.45. The van der Waals surface area contributed by atoms with Gasteiger partial charge in [-0.25, -0.2) is 0 Å². The van der Waals surface area contributed by atoms with E-state index in [1.165, 1.54) is 0 Å². The normalized spacial score (nSPS) is 19.9. The predicted octanol–water partition coefficient (Wildman–Crippen LogP) is -4.02. The Labute approximate surface area is 79.9 Å². The van der Waals surface area contributed by atoms with Crippen LogP contribution in [0.3, 0.4) is 0 Å². The first-order valence-electron chi connectivity index (χ1n) is 3.92. The van der Waals surface area contributed by atoms with Crippen LogP contribution in [0.5, 0.6) is 0 Å². The molecule has 0 unspecified atom stereocenters. The standard InChI is InChI=1S/C7H14O7/c8-1-3(10)5(12)7(14)6(13)4(11)2-9/h3,5-10,12-14H,1-2H2/t3-,5+,6+,7+/m0/s1. The second-order valence-electron chi connectivity index (χ2n) is 2.80. The molecule has 4 atom stereocenters. The molecule has 0 radical (unpaired) electrons. The highest BCUT2D eigenvalue weighted by atomic mass is 16.4. The van der Waals surface area contributed by atoms with Crippen molar-refractivity contribution in [3.8, 4) is 0 Å². The Morgan fingerprint density at radius 1 is 1.00 bits per heavy atom. The average molecular weight is 210 g/mol. The zero-order valence-corrected chi connectivity index (χ0v) is 7.32. The Hall–Kier alpha value is -0.570. The summed E-state index contributed by atoms with van der Waals surface area (Å²) in [5, 5.41) is 52.7. The van der Waals surface area contributed by atoms with Crippen molar-refractivity contribution >= 4 is 5.78 Å². The molecule has 0 spiro atoms. The molecule has 0 aromatic rings. The molecule has 0 bridgehead atoms. The third kappa shape index (κ3) is 3.29. The van der Waals surface area contributed by atoms with Crippen LogP contribution in [0.2, 0.25) is 0 Å². The van der Waals surface area contributed by atoms with Crippen LogP contribution in [0, 0.1) is 0 Å². The van der Waals surface area contributed by atoms with Gasteiger partial charge in [-0.05, 0) is 0 Å². The van der Waals surface area contributed by atoms with E-state index in [1.54, 1.807) is 0 Å². The van der Waals surface area contributed by atoms with E-state index in [9.17, 15) is 4.79 Å². The average Bonchev–Trinajstić information content (AvgIpc) is 2.23. The number of carbonyl (C=O) groups is 1. The summed E-state index contributed by atoms with van der Waals surface area (Å²) in [4.78, 5) is 10.7. The van der Waals surface area contributed by atoms with E-state index in [-0.39, 0.29) is 0 Å². The molecule has 0 saturated carbocycles. The van der Waals surface area contributed by atoms with Crippen LogP contribution in [0.25, 0.3) is 0 Å². The van der Waals surface area contributed by atoms with Crippen molar-refractivity contribution in [2.45, 2.75) is 24.4 Å². The predicted molar refractivity (Wildman–Crippen MR) is 43.2 cm³/mol. The van der Waals surface area contributed by atoms with E-state index >= 15 is 0 Å². The van der Waals surface area contributed by atoms with Crippen LogP contribution in [-0.2, 0) is 4.79 Å². The van der Waals surface area contributed by atoms with Gasteiger partial charge in [0.05, 0.1) is 6.61 Å². The molecule has 0 aliphatic carbocycles. The zero-order valence-electron chi connectivity index (χ0n) is 7.32. The van der Waals surface area contributed by atoms with Crippen molar-refractivity contribution in [2.24, 2.45) is 0 Å². The number of aliphatic hydroxyl groups excluding tert-OH is 6. The highest BCUT2D eigenvalue weighted by molar-refractivity contribution is 5.84. The fraction of sp³-hybridized carbons (Fsp3) is 0.857. The number of Topliss-reactive ketones (excluding diaryl/α,β-unsaturated/α-hetero) is 1. The monoisotopic (exact) mass is 210 g/mol. The molecular weight excluding hydrogens is 196 g/mol. The minimum atomic E-state index is -1.99. The van der Waals surface area contributed by atoms with Gasteiger partial charge in [-0.2, -0.15) is 0 Å². The summed E-state index contributed by atoms with van der Waals surface area (Å²) < 4.78 is 0. The number of carbonyl (C=O) groups excluding carboxylic acids is 1. The van der Waals surface area contributed by atoms with Crippen molar-refractivity contribution in [3.63, 3.8) is 0 Å². The van der Waals surface area contributed by atoms with Gasteiger partial charge in [0.2, 0.25) is 0 Å². The molecule has 7 nitrogen and oxygen atoms in total. The number of hydrogen-bond donors (Lipinski definition) is 6. The lowest BCUT2D eigenvalue weighted by Gasteiger charge is -2.24. The molecule has 0 amide bonds. The van der Waals surface area contributed by atoms with E-state index in [0.717, 1.165) is 0 Å². The second-order valence-corrected chi connectivity index (χ2v) is 2.80. The minimum Gasteiger partial charge on any atom is -0.394 e. The molecule has 84 valence electrons. The van der Waals surface area contributed by atoms with E-state index < -0.39 is 43.4 Å². The number of hydrogen-bond acceptors (Lipinski definition) is 7. The highest BCUT2D eigenvalue weighted by Gasteiger charge is 2.33. The van der Waals surface area contributed by atoms with Crippen LogP contribution in [0.1, 0.15) is 0 Å². The van der Waals surface area contributed by atoms with Crippen LogP contribution in [0.4, 0.5) is 0 Å². The van der Waals surface area contributed by atoms with E-state index in [4.69, 9.17) is 30.6 Å². The first-order valence-corrected chi connectivity index (χ1v) is 3.92. The van der Waals surface area contributed by atoms with Gasteiger partial charge < -0.3 is 30.6 Å². The molecule has 7 heteroatoms. The molecule has 0 saturated heterocycles. The fourth-order valence-electron chi connectivity index (χ4n) is 0.806. The van der Waals surface area contributed by atoms with E-state index in [0.29, 0.717) is 0 Å². The van der Waals surface area contributed by atoms with E-state index in [2.05, 4.69) is 0 Å². The van der Waals surface area contributed by atoms with Crippen LogP contribution in [0.15, 0.2) is 0 Å². The molecular formula is C7H14O7. The van der Waals surface area contributed by atoms with Gasteiger partial charge in [0.25, 0.3) is 0 Å². The van der Waals surface area contributed by atoms with Gasteiger partial charge in [-0.15, -0.1) is 0 Å². The molecule has 0 aromatic carbocycles. The molecule has 0 aliphatic rings. The van der Waals surface area contributed by atoms with Crippen molar-refractivity contribution in [1.29, 1.82) is 0 Å². The van der Waals surface area contributed by atoms with Crippen molar-refractivity contribution in [1.82, 2.24) is 0 Å². The van der Waals surface area contributed by atoms with Gasteiger partial charge in [0.1, 0.15) is 31.0 Å². The van der Waals surface area contributed by atoms with Gasteiger partial charge in [-0.3, -0.25) is 4.79 Å². The van der Waals surface area contributed by atoms with Crippen LogP contribution >= 0.6 is 0 Å². The Balaban J connectivity index is 4.30. The van der Waals surface area contributed by atoms with Crippen molar-refractivity contribution in [3.05, 3.63) is 0 Å². The zero-order chi connectivity index (χ0) is 11.3. The molecule has 6 N–H and O–H groups in total.